The van der Waals surface area contributed by atoms with E-state index >= 15 is 0 Å². The molecule has 1 heterocycles. The Kier molecular flexibility index (Phi) is 4.10. The van der Waals surface area contributed by atoms with Crippen LogP contribution in [-0.4, -0.2) is 23.3 Å². The maximum atomic E-state index is 12.3. The van der Waals surface area contributed by atoms with Crippen molar-refractivity contribution in [2.24, 2.45) is 0 Å². The molecule has 9 heteroatoms. The Bertz CT molecular complexity index is 623. The molecule has 0 spiro atoms. The van der Waals surface area contributed by atoms with Crippen molar-refractivity contribution in [2.75, 3.05) is 12.4 Å². The fraction of sp³-hybridized carbons (Fsp3) is 0.250. The SMILES string of the molecule is COC(=O)Nc1ccc(Cc2noc(C(F)(F)F)n2)cc1. The number of carbonyl (C=O) groups excluding carboxylic acids is 1. The molecular weight excluding hydrogens is 291 g/mol. The van der Waals surface area contributed by atoms with E-state index < -0.39 is 18.2 Å². The van der Waals surface area contributed by atoms with Crippen LogP contribution in [0, 0.1) is 0 Å². The van der Waals surface area contributed by atoms with Crippen LogP contribution in [0.5, 0.6) is 0 Å². The summed E-state index contributed by atoms with van der Waals surface area (Å²) in [6.07, 6.45) is -5.19. The van der Waals surface area contributed by atoms with E-state index in [1.54, 1.807) is 24.3 Å². The van der Waals surface area contributed by atoms with Crippen molar-refractivity contribution in [3.8, 4) is 0 Å². The molecule has 0 radical (unpaired) electrons. The van der Waals surface area contributed by atoms with E-state index in [1.807, 2.05) is 0 Å². The second-order valence-corrected chi connectivity index (χ2v) is 4.00. The van der Waals surface area contributed by atoms with Crippen LogP contribution in [-0.2, 0) is 17.3 Å². The van der Waals surface area contributed by atoms with Gasteiger partial charge < -0.3 is 9.26 Å². The molecule has 0 saturated carbocycles. The molecule has 21 heavy (non-hydrogen) atoms. The molecule has 1 N–H and O–H groups in total. The highest BCUT2D eigenvalue weighted by Crippen LogP contribution is 2.27. The highest BCUT2D eigenvalue weighted by Gasteiger charge is 2.38. The number of methoxy groups -OCH3 is 1. The van der Waals surface area contributed by atoms with Crippen LogP contribution in [0.15, 0.2) is 28.8 Å². The molecule has 1 aromatic heterocycles. The standard InChI is InChI=1S/C12H10F3N3O3/c1-20-11(19)16-8-4-2-7(3-5-8)6-9-17-10(21-18-9)12(13,14)15/h2-5H,6H2,1H3,(H,16,19). The fourth-order valence-electron chi connectivity index (χ4n) is 1.50. The molecule has 0 unspecified atom stereocenters. The summed E-state index contributed by atoms with van der Waals surface area (Å²) in [7, 11) is 1.23. The maximum Gasteiger partial charge on any atom is 0.471 e. The van der Waals surface area contributed by atoms with Crippen molar-refractivity contribution >= 4 is 11.8 Å². The number of hydrogen-bond donors (Lipinski definition) is 1. The third kappa shape index (κ3) is 3.94. The molecule has 0 bridgehead atoms. The predicted molar refractivity (Wildman–Crippen MR) is 64.6 cm³/mol. The van der Waals surface area contributed by atoms with Crippen LogP contribution in [0.4, 0.5) is 23.7 Å². The second kappa shape index (κ2) is 5.81. The van der Waals surface area contributed by atoms with Gasteiger partial charge in [-0.1, -0.05) is 17.3 Å². The van der Waals surface area contributed by atoms with Gasteiger partial charge >= 0.3 is 18.2 Å². The van der Waals surface area contributed by atoms with Crippen molar-refractivity contribution in [1.82, 2.24) is 10.1 Å². The summed E-state index contributed by atoms with van der Waals surface area (Å²) in [6.45, 7) is 0. The average molecular weight is 301 g/mol. The first-order chi connectivity index (χ1) is 9.88. The van der Waals surface area contributed by atoms with Gasteiger partial charge in [-0.05, 0) is 17.7 Å². The maximum absolute atomic E-state index is 12.3. The number of benzene rings is 1. The minimum absolute atomic E-state index is 0.0731. The number of hydrogen-bond acceptors (Lipinski definition) is 5. The van der Waals surface area contributed by atoms with E-state index in [-0.39, 0.29) is 12.2 Å². The lowest BCUT2D eigenvalue weighted by Gasteiger charge is -2.04. The Hall–Kier alpha value is -2.58. The lowest BCUT2D eigenvalue weighted by Crippen LogP contribution is -2.10. The van der Waals surface area contributed by atoms with E-state index in [0.717, 1.165) is 0 Å². The Balaban J connectivity index is 2.03. The van der Waals surface area contributed by atoms with Gasteiger partial charge in [-0.25, -0.2) is 4.79 Å². The van der Waals surface area contributed by atoms with E-state index in [0.29, 0.717) is 11.3 Å². The molecular formula is C12H10F3N3O3. The normalized spacial score (nSPS) is 11.2. The van der Waals surface area contributed by atoms with Crippen molar-refractivity contribution < 1.29 is 27.2 Å². The van der Waals surface area contributed by atoms with Crippen LogP contribution < -0.4 is 5.32 Å². The smallest absolute Gasteiger partial charge is 0.453 e. The highest BCUT2D eigenvalue weighted by atomic mass is 19.4. The predicted octanol–water partition coefficient (Wildman–Crippen LogP) is 2.86. The number of nitrogens with zero attached hydrogens (tertiary/aromatic N) is 2. The summed E-state index contributed by atoms with van der Waals surface area (Å²) in [5.74, 6) is -1.45. The van der Waals surface area contributed by atoms with Gasteiger partial charge in [0.05, 0.1) is 7.11 Å². The zero-order chi connectivity index (χ0) is 15.5. The Labute approximate surface area is 116 Å². The van der Waals surface area contributed by atoms with E-state index in [2.05, 4.69) is 24.7 Å². The quantitative estimate of drug-likeness (QED) is 0.943. The molecule has 0 saturated heterocycles. The van der Waals surface area contributed by atoms with Crippen LogP contribution in [0.1, 0.15) is 17.3 Å². The molecule has 1 amide bonds. The highest BCUT2D eigenvalue weighted by molar-refractivity contribution is 5.84. The topological polar surface area (TPSA) is 77.2 Å². The van der Waals surface area contributed by atoms with Gasteiger partial charge in [0.1, 0.15) is 0 Å². The van der Waals surface area contributed by atoms with Gasteiger partial charge in [-0.15, -0.1) is 0 Å². The van der Waals surface area contributed by atoms with Gasteiger partial charge in [-0.2, -0.15) is 18.2 Å². The lowest BCUT2D eigenvalue weighted by molar-refractivity contribution is -0.159. The number of amides is 1. The van der Waals surface area contributed by atoms with E-state index in [4.69, 9.17) is 0 Å². The zero-order valence-electron chi connectivity index (χ0n) is 10.8. The van der Waals surface area contributed by atoms with Crippen molar-refractivity contribution in [1.29, 1.82) is 0 Å². The number of anilines is 1. The third-order valence-electron chi connectivity index (χ3n) is 2.46. The molecule has 0 fully saturated rings. The third-order valence-corrected chi connectivity index (χ3v) is 2.46. The number of alkyl halides is 3. The molecule has 6 nitrogen and oxygen atoms in total. The number of nitrogens with one attached hydrogen (secondary N) is 1. The summed E-state index contributed by atoms with van der Waals surface area (Å²) in [5, 5.41) is 5.71. The first-order valence-corrected chi connectivity index (χ1v) is 5.72. The molecule has 0 aliphatic heterocycles. The van der Waals surface area contributed by atoms with E-state index in [9.17, 15) is 18.0 Å². The van der Waals surface area contributed by atoms with Crippen molar-refractivity contribution in [3.63, 3.8) is 0 Å². The van der Waals surface area contributed by atoms with Crippen LogP contribution in [0.3, 0.4) is 0 Å². The summed E-state index contributed by atoms with van der Waals surface area (Å²) >= 11 is 0. The minimum Gasteiger partial charge on any atom is -0.453 e. The summed E-state index contributed by atoms with van der Waals surface area (Å²) < 4.78 is 45.5. The Morgan fingerprint density at radius 2 is 2.00 bits per heavy atom. The summed E-state index contributed by atoms with van der Waals surface area (Å²) in [4.78, 5) is 14.2. The second-order valence-electron chi connectivity index (χ2n) is 4.00. The van der Waals surface area contributed by atoms with Gasteiger partial charge in [0.2, 0.25) is 0 Å². The molecule has 0 atom stereocenters. The van der Waals surface area contributed by atoms with Crippen LogP contribution in [0.2, 0.25) is 0 Å². The number of halogens is 3. The first kappa shape index (κ1) is 14.8. The molecule has 1 aromatic carbocycles. The molecule has 2 aromatic rings. The van der Waals surface area contributed by atoms with Crippen molar-refractivity contribution in [3.05, 3.63) is 41.5 Å². The molecule has 0 aliphatic rings. The summed E-state index contributed by atoms with van der Waals surface area (Å²) in [6, 6.07) is 6.40. The van der Waals surface area contributed by atoms with Gasteiger partial charge in [0.25, 0.3) is 0 Å². The number of carbonyl (C=O) groups is 1. The molecule has 2 rings (SSSR count). The first-order valence-electron chi connectivity index (χ1n) is 5.72. The van der Waals surface area contributed by atoms with E-state index in [1.165, 1.54) is 7.11 Å². The monoisotopic (exact) mass is 301 g/mol. The Morgan fingerprint density at radius 3 is 2.52 bits per heavy atom. The van der Waals surface area contributed by atoms with Gasteiger partial charge in [0, 0.05) is 12.1 Å². The van der Waals surface area contributed by atoms with Crippen LogP contribution in [0.25, 0.3) is 0 Å². The molecule has 112 valence electrons. The van der Waals surface area contributed by atoms with Gasteiger partial charge in [-0.3, -0.25) is 5.32 Å². The van der Waals surface area contributed by atoms with Gasteiger partial charge in [0.15, 0.2) is 5.82 Å². The summed E-state index contributed by atoms with van der Waals surface area (Å²) in [5.41, 5.74) is 1.16. The molecule has 0 aliphatic carbocycles. The minimum atomic E-state index is -4.65. The largest absolute Gasteiger partial charge is 0.471 e. The number of rotatable bonds is 3. The fourth-order valence-corrected chi connectivity index (χ4v) is 1.50. The average Bonchev–Trinajstić information content (AvgIpc) is 2.89. The zero-order valence-corrected chi connectivity index (χ0v) is 10.8. The van der Waals surface area contributed by atoms with Crippen LogP contribution >= 0.6 is 0 Å². The lowest BCUT2D eigenvalue weighted by atomic mass is 10.1. The number of aromatic nitrogens is 2. The van der Waals surface area contributed by atoms with Crippen molar-refractivity contribution in [2.45, 2.75) is 12.6 Å². The number of ether oxygens (including phenoxy) is 1. The Morgan fingerprint density at radius 1 is 1.33 bits per heavy atom.